The van der Waals surface area contributed by atoms with Crippen molar-refractivity contribution in [3.05, 3.63) is 40.0 Å². The SMILES string of the molecule is Cc1nc(N2CCN(Cc3ccc4c(c3)OCO4)CC2)c2c(C)c(C)sc2n1. The zero-order chi connectivity index (χ0) is 19.3. The van der Waals surface area contributed by atoms with Crippen molar-refractivity contribution in [3.8, 4) is 11.5 Å². The van der Waals surface area contributed by atoms with Crippen molar-refractivity contribution in [1.29, 1.82) is 0 Å². The van der Waals surface area contributed by atoms with Crippen LogP contribution in [0.2, 0.25) is 0 Å². The van der Waals surface area contributed by atoms with E-state index < -0.39 is 0 Å². The highest BCUT2D eigenvalue weighted by Gasteiger charge is 2.23. The van der Waals surface area contributed by atoms with Gasteiger partial charge in [-0.05, 0) is 44.0 Å². The molecule has 0 spiro atoms. The van der Waals surface area contributed by atoms with Gasteiger partial charge in [-0.15, -0.1) is 11.3 Å². The van der Waals surface area contributed by atoms with Gasteiger partial charge in [0.25, 0.3) is 0 Å². The van der Waals surface area contributed by atoms with E-state index >= 15 is 0 Å². The van der Waals surface area contributed by atoms with Gasteiger partial charge in [0.15, 0.2) is 11.5 Å². The number of hydrogen-bond donors (Lipinski definition) is 0. The highest BCUT2D eigenvalue weighted by Crippen LogP contribution is 2.36. The minimum atomic E-state index is 0.325. The fourth-order valence-corrected chi connectivity index (χ4v) is 5.05. The molecule has 2 aliphatic rings. The molecule has 146 valence electrons. The molecule has 2 aromatic heterocycles. The number of benzene rings is 1. The van der Waals surface area contributed by atoms with Crippen molar-refractivity contribution < 1.29 is 9.47 Å². The molecule has 6 nitrogen and oxygen atoms in total. The quantitative estimate of drug-likeness (QED) is 0.673. The van der Waals surface area contributed by atoms with Crippen molar-refractivity contribution in [3.63, 3.8) is 0 Å². The second-order valence-electron chi connectivity index (χ2n) is 7.51. The van der Waals surface area contributed by atoms with E-state index in [1.807, 2.05) is 13.0 Å². The molecule has 3 aromatic rings. The van der Waals surface area contributed by atoms with E-state index in [9.17, 15) is 0 Å². The molecule has 0 atom stereocenters. The number of piperazine rings is 1. The van der Waals surface area contributed by atoms with Crippen LogP contribution in [0.4, 0.5) is 5.82 Å². The first-order valence-corrected chi connectivity index (χ1v) is 10.5. The molecule has 1 fully saturated rings. The van der Waals surface area contributed by atoms with E-state index in [4.69, 9.17) is 14.5 Å². The average molecular weight is 397 g/mol. The Balaban J connectivity index is 1.32. The van der Waals surface area contributed by atoms with Crippen molar-refractivity contribution in [2.45, 2.75) is 27.3 Å². The lowest BCUT2D eigenvalue weighted by atomic mass is 10.1. The van der Waals surface area contributed by atoms with Crippen molar-refractivity contribution in [1.82, 2.24) is 14.9 Å². The third kappa shape index (κ3) is 3.08. The summed E-state index contributed by atoms with van der Waals surface area (Å²) in [5.41, 5.74) is 2.58. The monoisotopic (exact) mass is 396 g/mol. The van der Waals surface area contributed by atoms with Gasteiger partial charge in [0.05, 0.1) is 5.39 Å². The Labute approximate surface area is 168 Å². The van der Waals surface area contributed by atoms with E-state index in [1.54, 1.807) is 11.3 Å². The first-order chi connectivity index (χ1) is 13.6. The Morgan fingerprint density at radius 1 is 1.00 bits per heavy atom. The maximum absolute atomic E-state index is 5.51. The average Bonchev–Trinajstić information content (AvgIpc) is 3.26. The van der Waals surface area contributed by atoms with Crippen molar-refractivity contribution >= 4 is 27.4 Å². The minimum Gasteiger partial charge on any atom is -0.454 e. The van der Waals surface area contributed by atoms with Crippen LogP contribution in [0.3, 0.4) is 0 Å². The Bertz CT molecular complexity index is 1040. The summed E-state index contributed by atoms with van der Waals surface area (Å²) >= 11 is 1.77. The predicted molar refractivity (Wildman–Crippen MR) is 112 cm³/mol. The fraction of sp³-hybridized carbons (Fsp3) is 0.429. The lowest BCUT2D eigenvalue weighted by Gasteiger charge is -2.35. The third-order valence-corrected chi connectivity index (χ3v) is 6.74. The zero-order valence-electron chi connectivity index (χ0n) is 16.5. The van der Waals surface area contributed by atoms with Gasteiger partial charge < -0.3 is 14.4 Å². The second-order valence-corrected chi connectivity index (χ2v) is 8.71. The Kier molecular flexibility index (Phi) is 4.36. The summed E-state index contributed by atoms with van der Waals surface area (Å²) in [6.07, 6.45) is 0. The lowest BCUT2D eigenvalue weighted by Crippen LogP contribution is -2.46. The molecule has 0 N–H and O–H groups in total. The number of thiophene rings is 1. The van der Waals surface area contributed by atoms with Crippen LogP contribution in [-0.2, 0) is 6.54 Å². The van der Waals surface area contributed by atoms with Gasteiger partial charge in [-0.3, -0.25) is 4.90 Å². The van der Waals surface area contributed by atoms with Gasteiger partial charge >= 0.3 is 0 Å². The molecule has 28 heavy (non-hydrogen) atoms. The molecule has 0 radical (unpaired) electrons. The topological polar surface area (TPSA) is 50.7 Å². The summed E-state index contributed by atoms with van der Waals surface area (Å²) in [7, 11) is 0. The van der Waals surface area contributed by atoms with Crippen LogP contribution in [0.1, 0.15) is 21.8 Å². The molecule has 2 aliphatic heterocycles. The van der Waals surface area contributed by atoms with Gasteiger partial charge in [-0.25, -0.2) is 9.97 Å². The molecule has 5 rings (SSSR count). The van der Waals surface area contributed by atoms with Gasteiger partial charge in [0.2, 0.25) is 6.79 Å². The molecule has 0 unspecified atom stereocenters. The fourth-order valence-electron chi connectivity index (χ4n) is 3.98. The highest BCUT2D eigenvalue weighted by molar-refractivity contribution is 7.18. The summed E-state index contributed by atoms with van der Waals surface area (Å²) < 4.78 is 10.9. The molecular weight excluding hydrogens is 372 g/mol. The van der Waals surface area contributed by atoms with Crippen LogP contribution in [-0.4, -0.2) is 47.8 Å². The first kappa shape index (κ1) is 17.7. The number of hydrogen-bond acceptors (Lipinski definition) is 7. The highest BCUT2D eigenvalue weighted by atomic mass is 32.1. The maximum Gasteiger partial charge on any atom is 0.231 e. The Morgan fingerprint density at radius 2 is 1.79 bits per heavy atom. The predicted octanol–water partition coefficient (Wildman–Crippen LogP) is 3.67. The smallest absolute Gasteiger partial charge is 0.231 e. The standard InChI is InChI=1S/C21H24N4O2S/c1-13-14(2)28-21-19(13)20(22-15(3)23-21)25-8-6-24(7-9-25)11-16-4-5-17-18(10-16)27-12-26-17/h4-5,10H,6-9,11-12H2,1-3H3. The summed E-state index contributed by atoms with van der Waals surface area (Å²) in [5.74, 6) is 3.66. The number of ether oxygens (including phenoxy) is 2. The summed E-state index contributed by atoms with van der Waals surface area (Å²) in [5, 5.41) is 1.23. The number of fused-ring (bicyclic) bond motifs is 2. The van der Waals surface area contributed by atoms with E-state index in [2.05, 4.69) is 40.8 Å². The number of anilines is 1. The van der Waals surface area contributed by atoms with E-state index in [0.29, 0.717) is 6.79 Å². The van der Waals surface area contributed by atoms with Gasteiger partial charge in [-0.2, -0.15) is 0 Å². The molecule has 0 amide bonds. The lowest BCUT2D eigenvalue weighted by molar-refractivity contribution is 0.174. The molecule has 4 heterocycles. The number of aromatic nitrogens is 2. The van der Waals surface area contributed by atoms with Gasteiger partial charge in [0, 0.05) is 37.6 Å². The van der Waals surface area contributed by atoms with Crippen LogP contribution in [0.5, 0.6) is 11.5 Å². The normalized spacial score (nSPS) is 16.9. The maximum atomic E-state index is 5.51. The van der Waals surface area contributed by atoms with Gasteiger partial charge in [0.1, 0.15) is 16.5 Å². The second kappa shape index (κ2) is 6.90. The first-order valence-electron chi connectivity index (χ1n) is 9.68. The number of rotatable bonds is 3. The summed E-state index contributed by atoms with van der Waals surface area (Å²) in [4.78, 5) is 16.8. The molecule has 1 saturated heterocycles. The molecule has 0 saturated carbocycles. The Morgan fingerprint density at radius 3 is 2.61 bits per heavy atom. The van der Waals surface area contributed by atoms with E-state index in [-0.39, 0.29) is 0 Å². The molecule has 0 bridgehead atoms. The Hall–Kier alpha value is -2.38. The van der Waals surface area contributed by atoms with E-state index in [1.165, 1.54) is 21.4 Å². The molecule has 1 aromatic carbocycles. The summed E-state index contributed by atoms with van der Waals surface area (Å²) in [6, 6.07) is 6.24. The number of aryl methyl sites for hydroxylation is 3. The van der Waals surface area contributed by atoms with Gasteiger partial charge in [-0.1, -0.05) is 6.07 Å². The molecule has 0 aliphatic carbocycles. The van der Waals surface area contributed by atoms with Crippen LogP contribution in [0.25, 0.3) is 10.2 Å². The zero-order valence-corrected chi connectivity index (χ0v) is 17.3. The van der Waals surface area contributed by atoms with Crippen LogP contribution in [0.15, 0.2) is 18.2 Å². The summed E-state index contributed by atoms with van der Waals surface area (Å²) in [6.45, 7) is 11.6. The third-order valence-electron chi connectivity index (χ3n) is 5.64. The van der Waals surface area contributed by atoms with Crippen LogP contribution >= 0.6 is 11.3 Å². The van der Waals surface area contributed by atoms with Crippen molar-refractivity contribution in [2.75, 3.05) is 37.9 Å². The molecule has 7 heteroatoms. The minimum absolute atomic E-state index is 0.325. The largest absolute Gasteiger partial charge is 0.454 e. The molecular formula is C21H24N4O2S. The van der Waals surface area contributed by atoms with Crippen LogP contribution in [0, 0.1) is 20.8 Å². The van der Waals surface area contributed by atoms with Crippen molar-refractivity contribution in [2.24, 2.45) is 0 Å². The number of nitrogens with zero attached hydrogens (tertiary/aromatic N) is 4. The van der Waals surface area contributed by atoms with Crippen LogP contribution < -0.4 is 14.4 Å². The van der Waals surface area contributed by atoms with E-state index in [0.717, 1.165) is 60.7 Å².